The molecule has 1 N–H and O–H groups in total. The van der Waals surface area contributed by atoms with Gasteiger partial charge in [0.05, 0.1) is 0 Å². The molecule has 0 heterocycles. The number of nitrogens with one attached hydrogen (secondary N) is 1. The van der Waals surface area contributed by atoms with Gasteiger partial charge in [-0.15, -0.1) is 0 Å². The molecule has 0 fully saturated rings. The Bertz CT molecular complexity index is 177. The van der Waals surface area contributed by atoms with Crippen molar-refractivity contribution in [2.45, 2.75) is 59.0 Å². The Morgan fingerprint density at radius 3 is 1.80 bits per heavy atom. The zero-order valence-electron chi connectivity index (χ0n) is 11.9. The highest BCUT2D eigenvalue weighted by atomic mass is 15.2. The maximum atomic E-state index is 3.45. The van der Waals surface area contributed by atoms with E-state index in [1.54, 1.807) is 0 Å². The molecule has 1 unspecified atom stereocenters. The van der Waals surface area contributed by atoms with Crippen LogP contribution in [0.5, 0.6) is 0 Å². The molecule has 0 aromatic rings. The Morgan fingerprint density at radius 1 is 1.07 bits per heavy atom. The summed E-state index contributed by atoms with van der Waals surface area (Å²) in [4.78, 5) is 2.30. The first-order valence-corrected chi connectivity index (χ1v) is 5.96. The summed E-state index contributed by atoms with van der Waals surface area (Å²) in [6, 6.07) is 0.548. The fraction of sp³-hybridized carbons (Fsp3) is 1.00. The van der Waals surface area contributed by atoms with Gasteiger partial charge in [0.1, 0.15) is 0 Å². The van der Waals surface area contributed by atoms with Gasteiger partial charge in [-0.3, -0.25) is 0 Å². The van der Waals surface area contributed by atoms with Crippen LogP contribution < -0.4 is 5.32 Å². The third kappa shape index (κ3) is 4.98. The van der Waals surface area contributed by atoms with Crippen LogP contribution in [-0.4, -0.2) is 37.6 Å². The first-order chi connectivity index (χ1) is 6.61. The highest BCUT2D eigenvalue weighted by Crippen LogP contribution is 2.26. The second-order valence-electron chi connectivity index (χ2n) is 6.49. The molecule has 0 aliphatic carbocycles. The monoisotopic (exact) mass is 214 g/mol. The van der Waals surface area contributed by atoms with Crippen molar-refractivity contribution in [1.29, 1.82) is 0 Å². The number of likely N-dealkylation sites (N-methyl/N-ethyl adjacent to an activating group) is 2. The zero-order valence-corrected chi connectivity index (χ0v) is 11.9. The topological polar surface area (TPSA) is 15.3 Å². The maximum absolute atomic E-state index is 3.45. The quantitative estimate of drug-likeness (QED) is 0.757. The average Bonchev–Trinajstić information content (AvgIpc) is 2.02. The van der Waals surface area contributed by atoms with Crippen molar-refractivity contribution in [2.75, 3.05) is 21.1 Å². The van der Waals surface area contributed by atoms with Gasteiger partial charge in [-0.1, -0.05) is 20.8 Å². The summed E-state index contributed by atoms with van der Waals surface area (Å²) >= 11 is 0. The zero-order chi connectivity index (χ0) is 12.3. The molecule has 0 radical (unpaired) electrons. The summed E-state index contributed by atoms with van der Waals surface area (Å²) in [5, 5.41) is 3.45. The van der Waals surface area contributed by atoms with Crippen molar-refractivity contribution in [2.24, 2.45) is 5.41 Å². The smallest absolute Gasteiger partial charge is 0.0300 e. The lowest BCUT2D eigenvalue weighted by molar-refractivity contribution is 0.128. The normalized spacial score (nSPS) is 15.8. The van der Waals surface area contributed by atoms with E-state index in [2.05, 4.69) is 66.0 Å². The Kier molecular flexibility index (Phi) is 5.28. The Hall–Kier alpha value is -0.0800. The molecule has 0 aliphatic rings. The molecule has 0 aromatic carbocycles. The largest absolute Gasteiger partial charge is 0.315 e. The van der Waals surface area contributed by atoms with Crippen LogP contribution in [0, 0.1) is 5.41 Å². The van der Waals surface area contributed by atoms with E-state index in [1.807, 2.05) is 0 Å². The molecule has 92 valence electrons. The molecule has 0 aromatic heterocycles. The van der Waals surface area contributed by atoms with Crippen LogP contribution >= 0.6 is 0 Å². The number of hydrogen-bond acceptors (Lipinski definition) is 2. The molecule has 0 amide bonds. The lowest BCUT2D eigenvalue weighted by Crippen LogP contribution is -2.54. The predicted octanol–water partition coefficient (Wildman–Crippen LogP) is 2.74. The summed E-state index contributed by atoms with van der Waals surface area (Å²) in [5.41, 5.74) is 0.636. The lowest BCUT2D eigenvalue weighted by atomic mass is 9.83. The molecule has 0 saturated carbocycles. The molecule has 0 bridgehead atoms. The van der Waals surface area contributed by atoms with Gasteiger partial charge in [0, 0.05) is 11.6 Å². The van der Waals surface area contributed by atoms with Gasteiger partial charge >= 0.3 is 0 Å². The van der Waals surface area contributed by atoms with Crippen LogP contribution in [0.1, 0.15) is 47.5 Å². The molecule has 0 aliphatic heterocycles. The summed E-state index contributed by atoms with van der Waals surface area (Å²) in [6.45, 7) is 11.5. The fourth-order valence-electron chi connectivity index (χ4n) is 1.74. The van der Waals surface area contributed by atoms with Crippen molar-refractivity contribution in [3.8, 4) is 0 Å². The Balaban J connectivity index is 4.37. The standard InChI is InChI=1S/C13H30N2/c1-12(2,3)10-9-11(14-6)13(4,5)15(7)8/h11,14H,9-10H2,1-8H3. The molecule has 0 rings (SSSR count). The minimum atomic E-state index is 0.208. The molecule has 0 saturated heterocycles. The van der Waals surface area contributed by atoms with Crippen LogP contribution in [-0.2, 0) is 0 Å². The number of hydrogen-bond donors (Lipinski definition) is 1. The SMILES string of the molecule is CNC(CCC(C)(C)C)C(C)(C)N(C)C. The first kappa shape index (κ1) is 14.9. The maximum Gasteiger partial charge on any atom is 0.0300 e. The molecule has 2 heteroatoms. The van der Waals surface area contributed by atoms with Crippen LogP contribution in [0.2, 0.25) is 0 Å². The number of rotatable bonds is 5. The van der Waals surface area contributed by atoms with Gasteiger partial charge in [0.25, 0.3) is 0 Å². The minimum Gasteiger partial charge on any atom is -0.315 e. The molecule has 1 atom stereocenters. The summed E-state index contributed by atoms with van der Waals surface area (Å²) in [6.07, 6.45) is 2.49. The van der Waals surface area contributed by atoms with Crippen LogP contribution in [0.15, 0.2) is 0 Å². The Morgan fingerprint density at radius 2 is 1.53 bits per heavy atom. The van der Waals surface area contributed by atoms with E-state index < -0.39 is 0 Å². The second kappa shape index (κ2) is 5.31. The summed E-state index contributed by atoms with van der Waals surface area (Å²) < 4.78 is 0. The highest BCUT2D eigenvalue weighted by molar-refractivity contribution is 4.91. The molecule has 2 nitrogen and oxygen atoms in total. The van der Waals surface area contributed by atoms with Gasteiger partial charge in [0.2, 0.25) is 0 Å². The van der Waals surface area contributed by atoms with Gasteiger partial charge in [0.15, 0.2) is 0 Å². The van der Waals surface area contributed by atoms with E-state index in [1.165, 1.54) is 12.8 Å². The molecular weight excluding hydrogens is 184 g/mol. The fourth-order valence-corrected chi connectivity index (χ4v) is 1.74. The van der Waals surface area contributed by atoms with Crippen LogP contribution in [0.4, 0.5) is 0 Å². The molecule has 15 heavy (non-hydrogen) atoms. The van der Waals surface area contributed by atoms with Gasteiger partial charge < -0.3 is 10.2 Å². The van der Waals surface area contributed by atoms with E-state index in [-0.39, 0.29) is 5.54 Å². The van der Waals surface area contributed by atoms with Gasteiger partial charge in [-0.2, -0.15) is 0 Å². The van der Waals surface area contributed by atoms with Gasteiger partial charge in [-0.25, -0.2) is 0 Å². The predicted molar refractivity (Wildman–Crippen MR) is 69.3 cm³/mol. The van der Waals surface area contributed by atoms with Crippen molar-refractivity contribution < 1.29 is 0 Å². The van der Waals surface area contributed by atoms with Crippen LogP contribution in [0.3, 0.4) is 0 Å². The second-order valence-corrected chi connectivity index (χ2v) is 6.49. The third-order valence-corrected chi connectivity index (χ3v) is 3.54. The highest BCUT2D eigenvalue weighted by Gasteiger charge is 2.30. The average molecular weight is 214 g/mol. The summed E-state index contributed by atoms with van der Waals surface area (Å²) in [5.74, 6) is 0. The molecule has 0 spiro atoms. The summed E-state index contributed by atoms with van der Waals surface area (Å²) in [7, 11) is 6.38. The minimum absolute atomic E-state index is 0.208. The van der Waals surface area contributed by atoms with Crippen molar-refractivity contribution in [1.82, 2.24) is 10.2 Å². The van der Waals surface area contributed by atoms with E-state index in [9.17, 15) is 0 Å². The van der Waals surface area contributed by atoms with Crippen LogP contribution in [0.25, 0.3) is 0 Å². The van der Waals surface area contributed by atoms with Crippen molar-refractivity contribution in [3.05, 3.63) is 0 Å². The number of nitrogens with zero attached hydrogens (tertiary/aromatic N) is 1. The van der Waals surface area contributed by atoms with E-state index in [4.69, 9.17) is 0 Å². The Labute approximate surface area is 96.4 Å². The van der Waals surface area contributed by atoms with E-state index in [0.29, 0.717) is 11.5 Å². The van der Waals surface area contributed by atoms with Gasteiger partial charge in [-0.05, 0) is 53.2 Å². The van der Waals surface area contributed by atoms with Crippen molar-refractivity contribution >= 4 is 0 Å². The first-order valence-electron chi connectivity index (χ1n) is 5.96. The van der Waals surface area contributed by atoms with E-state index >= 15 is 0 Å². The van der Waals surface area contributed by atoms with E-state index in [0.717, 1.165) is 0 Å². The lowest BCUT2D eigenvalue weighted by Gasteiger charge is -2.41. The van der Waals surface area contributed by atoms with Crippen molar-refractivity contribution in [3.63, 3.8) is 0 Å². The molecular formula is C13H30N2. The third-order valence-electron chi connectivity index (χ3n) is 3.54.